The number of likely N-dealkylation sites (tertiary alicyclic amines) is 1. The van der Waals surface area contributed by atoms with Gasteiger partial charge in [0, 0.05) is 24.4 Å². The van der Waals surface area contributed by atoms with Gasteiger partial charge in [0.2, 0.25) is 5.91 Å². The summed E-state index contributed by atoms with van der Waals surface area (Å²) in [6.45, 7) is 7.22. The number of carbonyl (C=O) groups is 1. The summed E-state index contributed by atoms with van der Waals surface area (Å²) in [5.74, 6) is 0.189. The molecule has 104 valence electrons. The number of carbonyl (C=O) groups excluding carboxylic acids is 1. The first-order valence-electron chi connectivity index (χ1n) is 6.85. The van der Waals surface area contributed by atoms with Crippen LogP contribution >= 0.6 is 0 Å². The van der Waals surface area contributed by atoms with Gasteiger partial charge in [-0.25, -0.2) is 9.97 Å². The zero-order chi connectivity index (χ0) is 13.8. The zero-order valence-corrected chi connectivity index (χ0v) is 11.8. The molecule has 2 heterocycles. The molecule has 19 heavy (non-hydrogen) atoms. The molecule has 1 aromatic rings. The Kier molecular flexibility index (Phi) is 4.35. The smallest absolute Gasteiger partial charge is 0.317 e. The molecular weight excluding hydrogens is 242 g/mol. The molecule has 1 fully saturated rings. The molecule has 1 saturated heterocycles. The number of aryl methyl sites for hydroxylation is 2. The highest BCUT2D eigenvalue weighted by Gasteiger charge is 2.24. The molecule has 2 rings (SSSR count). The van der Waals surface area contributed by atoms with Crippen molar-refractivity contribution in [1.29, 1.82) is 0 Å². The summed E-state index contributed by atoms with van der Waals surface area (Å²) in [5.41, 5.74) is 1.81. The molecule has 0 N–H and O–H groups in total. The first-order chi connectivity index (χ1) is 9.08. The average molecular weight is 263 g/mol. The predicted octanol–water partition coefficient (Wildman–Crippen LogP) is 1.87. The second-order valence-electron chi connectivity index (χ2n) is 5.01. The second kappa shape index (κ2) is 5.99. The first-order valence-corrected chi connectivity index (χ1v) is 6.85. The minimum Gasteiger partial charge on any atom is -0.458 e. The lowest BCUT2D eigenvalue weighted by Crippen LogP contribution is -2.44. The first kappa shape index (κ1) is 13.8. The van der Waals surface area contributed by atoms with E-state index in [1.807, 2.05) is 31.7 Å². The van der Waals surface area contributed by atoms with Crippen LogP contribution in [-0.2, 0) is 4.79 Å². The summed E-state index contributed by atoms with van der Waals surface area (Å²) < 4.78 is 5.83. The normalized spacial score (nSPS) is 19.3. The number of hydrogen-bond acceptors (Lipinski definition) is 4. The molecule has 0 spiro atoms. The third-order valence-corrected chi connectivity index (χ3v) is 3.27. The van der Waals surface area contributed by atoms with Crippen molar-refractivity contribution < 1.29 is 9.53 Å². The zero-order valence-electron chi connectivity index (χ0n) is 11.8. The summed E-state index contributed by atoms with van der Waals surface area (Å²) in [5, 5.41) is 0. The fourth-order valence-electron chi connectivity index (χ4n) is 2.38. The lowest BCUT2D eigenvalue weighted by atomic mass is 10.1. The molecule has 0 radical (unpaired) electrons. The Labute approximate surface area is 114 Å². The van der Waals surface area contributed by atoms with E-state index in [1.165, 1.54) is 0 Å². The fraction of sp³-hybridized carbons (Fsp3) is 0.643. The maximum atomic E-state index is 11.7. The molecule has 1 aliphatic heterocycles. The number of ether oxygens (including phenoxy) is 1. The van der Waals surface area contributed by atoms with E-state index in [1.54, 1.807) is 0 Å². The monoisotopic (exact) mass is 263 g/mol. The van der Waals surface area contributed by atoms with Crippen LogP contribution in [0.4, 0.5) is 0 Å². The topological polar surface area (TPSA) is 55.3 Å². The number of hydrogen-bond donors (Lipinski definition) is 0. The van der Waals surface area contributed by atoms with Crippen molar-refractivity contribution in [3.63, 3.8) is 0 Å². The number of piperidine rings is 1. The van der Waals surface area contributed by atoms with Crippen LogP contribution in [-0.4, -0.2) is 40.0 Å². The summed E-state index contributed by atoms with van der Waals surface area (Å²) in [4.78, 5) is 22.1. The van der Waals surface area contributed by atoms with Gasteiger partial charge in [-0.2, -0.15) is 0 Å². The molecule has 0 saturated carbocycles. The predicted molar refractivity (Wildman–Crippen MR) is 72.0 cm³/mol. The average Bonchev–Trinajstić information content (AvgIpc) is 2.37. The minimum atomic E-state index is 0.00505. The van der Waals surface area contributed by atoms with Gasteiger partial charge in [0.15, 0.2) is 0 Å². The highest BCUT2D eigenvalue weighted by atomic mass is 16.5. The van der Waals surface area contributed by atoms with Crippen molar-refractivity contribution in [3.8, 4) is 6.01 Å². The highest BCUT2D eigenvalue weighted by molar-refractivity contribution is 5.75. The van der Waals surface area contributed by atoms with Crippen LogP contribution in [0, 0.1) is 13.8 Å². The Hall–Kier alpha value is -1.65. The molecule has 0 aliphatic carbocycles. The molecular formula is C14H21N3O2. The van der Waals surface area contributed by atoms with Crippen molar-refractivity contribution in [2.75, 3.05) is 13.1 Å². The maximum Gasteiger partial charge on any atom is 0.317 e. The lowest BCUT2D eigenvalue weighted by molar-refractivity contribution is -0.133. The van der Waals surface area contributed by atoms with Crippen LogP contribution in [0.25, 0.3) is 0 Å². The summed E-state index contributed by atoms with van der Waals surface area (Å²) >= 11 is 0. The van der Waals surface area contributed by atoms with Crippen LogP contribution in [0.5, 0.6) is 6.01 Å². The summed E-state index contributed by atoms with van der Waals surface area (Å²) in [6, 6.07) is 2.34. The number of rotatable bonds is 3. The van der Waals surface area contributed by atoms with Crippen LogP contribution in [0.1, 0.15) is 37.6 Å². The van der Waals surface area contributed by atoms with E-state index in [0.717, 1.165) is 30.8 Å². The van der Waals surface area contributed by atoms with Crippen molar-refractivity contribution in [2.24, 2.45) is 0 Å². The van der Waals surface area contributed by atoms with Gasteiger partial charge in [0.25, 0.3) is 0 Å². The van der Waals surface area contributed by atoms with Gasteiger partial charge in [-0.1, -0.05) is 6.92 Å². The van der Waals surface area contributed by atoms with E-state index in [-0.39, 0.29) is 12.0 Å². The Balaban J connectivity index is 2.00. The van der Waals surface area contributed by atoms with E-state index in [4.69, 9.17) is 4.74 Å². The van der Waals surface area contributed by atoms with Gasteiger partial charge in [0.1, 0.15) is 6.10 Å². The molecule has 1 aromatic heterocycles. The maximum absolute atomic E-state index is 11.7. The van der Waals surface area contributed by atoms with Crippen molar-refractivity contribution in [2.45, 2.75) is 46.1 Å². The van der Waals surface area contributed by atoms with Crippen LogP contribution in [0.2, 0.25) is 0 Å². The van der Waals surface area contributed by atoms with Gasteiger partial charge in [-0.3, -0.25) is 4.79 Å². The number of nitrogens with zero attached hydrogens (tertiary/aromatic N) is 3. The Morgan fingerprint density at radius 3 is 2.74 bits per heavy atom. The van der Waals surface area contributed by atoms with Crippen LogP contribution < -0.4 is 4.74 Å². The van der Waals surface area contributed by atoms with Crippen molar-refractivity contribution >= 4 is 5.91 Å². The van der Waals surface area contributed by atoms with Crippen LogP contribution in [0.3, 0.4) is 0 Å². The van der Waals surface area contributed by atoms with Crippen LogP contribution in [0.15, 0.2) is 6.07 Å². The van der Waals surface area contributed by atoms with E-state index in [0.29, 0.717) is 19.0 Å². The van der Waals surface area contributed by atoms with Gasteiger partial charge in [0.05, 0.1) is 6.54 Å². The van der Waals surface area contributed by atoms with Crippen molar-refractivity contribution in [3.05, 3.63) is 17.5 Å². The quantitative estimate of drug-likeness (QED) is 0.835. The van der Waals surface area contributed by atoms with Gasteiger partial charge in [-0.05, 0) is 32.8 Å². The minimum absolute atomic E-state index is 0.00505. The fourth-order valence-corrected chi connectivity index (χ4v) is 2.38. The van der Waals surface area contributed by atoms with Crippen molar-refractivity contribution in [1.82, 2.24) is 14.9 Å². The van der Waals surface area contributed by atoms with Gasteiger partial charge < -0.3 is 9.64 Å². The number of amides is 1. The van der Waals surface area contributed by atoms with E-state index >= 15 is 0 Å². The second-order valence-corrected chi connectivity index (χ2v) is 5.01. The SMILES string of the molecule is CCC(=O)N1CCCC(Oc2nc(C)cc(C)n2)C1. The van der Waals surface area contributed by atoms with E-state index in [2.05, 4.69) is 9.97 Å². The Morgan fingerprint density at radius 1 is 1.42 bits per heavy atom. The molecule has 5 nitrogen and oxygen atoms in total. The summed E-state index contributed by atoms with van der Waals surface area (Å²) in [7, 11) is 0. The molecule has 1 atom stereocenters. The van der Waals surface area contributed by atoms with Gasteiger partial charge in [-0.15, -0.1) is 0 Å². The van der Waals surface area contributed by atoms with E-state index in [9.17, 15) is 4.79 Å². The largest absolute Gasteiger partial charge is 0.458 e. The number of aromatic nitrogens is 2. The lowest BCUT2D eigenvalue weighted by Gasteiger charge is -2.32. The molecule has 1 aliphatic rings. The molecule has 1 unspecified atom stereocenters. The Bertz CT molecular complexity index is 442. The molecule has 5 heteroatoms. The molecule has 0 aromatic carbocycles. The Morgan fingerprint density at radius 2 is 2.11 bits per heavy atom. The summed E-state index contributed by atoms with van der Waals surface area (Å²) in [6.07, 6.45) is 2.48. The molecule has 1 amide bonds. The third-order valence-electron chi connectivity index (χ3n) is 3.27. The van der Waals surface area contributed by atoms with E-state index < -0.39 is 0 Å². The molecule has 0 bridgehead atoms. The standard InChI is InChI=1S/C14H21N3O2/c1-4-13(18)17-7-5-6-12(9-17)19-14-15-10(2)8-11(3)16-14/h8,12H,4-7,9H2,1-3H3. The van der Waals surface area contributed by atoms with Gasteiger partial charge >= 0.3 is 6.01 Å². The third kappa shape index (κ3) is 3.66. The highest BCUT2D eigenvalue weighted by Crippen LogP contribution is 2.16.